The number of carbonyl (C=O) groups is 3. The highest BCUT2D eigenvalue weighted by molar-refractivity contribution is 9.13. The van der Waals surface area contributed by atoms with E-state index < -0.39 is 46.4 Å². The van der Waals surface area contributed by atoms with Gasteiger partial charge in [-0.1, -0.05) is 123 Å². The molecule has 13 rings (SSSR count). The Balaban J connectivity index is 0.000000154. The number of imidazole rings is 1. The number of phenols is 1. The van der Waals surface area contributed by atoms with E-state index in [-0.39, 0.29) is 23.0 Å². The van der Waals surface area contributed by atoms with Crippen LogP contribution < -0.4 is 27.0 Å². The smallest absolute Gasteiger partial charge is 0.416 e. The molecule has 6 aromatic heterocycles. The number of amides is 4. The molecule has 0 fully saturated rings. The molecule has 0 aliphatic rings. The van der Waals surface area contributed by atoms with E-state index in [0.717, 1.165) is 116 Å². The topological polar surface area (TPSA) is 252 Å². The van der Waals surface area contributed by atoms with Crippen molar-refractivity contribution in [2.75, 3.05) is 22.9 Å². The minimum absolute atomic E-state index is 0.0444. The van der Waals surface area contributed by atoms with E-state index in [0.29, 0.717) is 69.5 Å². The van der Waals surface area contributed by atoms with E-state index in [9.17, 15) is 45.8 Å². The molecule has 0 bridgehead atoms. The average molecular weight is 1830 g/mol. The maximum absolute atomic E-state index is 12.8. The maximum Gasteiger partial charge on any atom is 0.416 e. The standard InChI is InChI=1S/C17H13Br2Cl2N3O.C15H14BrN3.C15H8ClF6NO2.C14H11Br2N3O.C14H19N3/c18-10-1-2-15-12(5-10)9(8-23-15)3-4-22-17(25)24-11-6-13(20)16(19)14(21)7-11;1-2-3-15-17-7-6-14(19-15)12-9-18-13-5-4-10(16)8-11(12)13;16-9-1-2-12(24)11(6-9)13(25)23-10-4-7(14(17,18)19)3-8(5-10)15(20,21)22;15-10-5-12(19-13(10)16)14(20)18-7-8-6-17-11-4-2-1-3-9(8)11;1-4-11-5-7-12(8-6-11)13-9-17(10(2)3)14(15)16-13/h1-2,5-8,23H,3-4H2,(H2,22,24,25);4-9,18H,2-3H2,1H3;1-6,24H,(H,23,25);1-6,17,19H,7H2,(H,18,20);5-10H,4H2,1-3H3,(H2,15,16). The Kier molecular flexibility index (Phi) is 28.3. The van der Waals surface area contributed by atoms with Crippen LogP contribution in [0.15, 0.2) is 199 Å². The zero-order valence-corrected chi connectivity index (χ0v) is 66.6. The first kappa shape index (κ1) is 81.5. The summed E-state index contributed by atoms with van der Waals surface area (Å²) in [5.74, 6) is -0.307. The number of aryl methyl sites for hydroxylation is 2. The van der Waals surface area contributed by atoms with Crippen LogP contribution in [0.5, 0.6) is 5.75 Å². The lowest BCUT2D eigenvalue weighted by Gasteiger charge is -2.15. The summed E-state index contributed by atoms with van der Waals surface area (Å²) < 4.78 is 82.9. The lowest BCUT2D eigenvalue weighted by Crippen LogP contribution is -2.30. The summed E-state index contributed by atoms with van der Waals surface area (Å²) in [6.45, 7) is 9.48. The molecular weight excluding hydrogens is 1770 g/mol. The molecule has 7 aromatic carbocycles. The Bertz CT molecular complexity index is 5180. The largest absolute Gasteiger partial charge is 0.507 e. The third-order valence-electron chi connectivity index (χ3n) is 15.9. The van der Waals surface area contributed by atoms with Gasteiger partial charge in [0, 0.05) is 126 Å². The van der Waals surface area contributed by atoms with Gasteiger partial charge in [0.15, 0.2) is 0 Å². The number of aromatic nitrogens is 8. The Morgan fingerprint density at radius 1 is 0.632 bits per heavy atom. The van der Waals surface area contributed by atoms with E-state index in [1.165, 1.54) is 17.0 Å². The molecule has 0 saturated heterocycles. The van der Waals surface area contributed by atoms with Crippen LogP contribution >= 0.6 is 114 Å². The number of phenolic OH excluding ortho intramolecular Hbond substituents is 1. The summed E-state index contributed by atoms with van der Waals surface area (Å²) >= 11 is 34.6. The van der Waals surface area contributed by atoms with Crippen LogP contribution in [0.2, 0.25) is 15.1 Å². The Morgan fingerprint density at radius 2 is 1.25 bits per heavy atom. The normalized spacial score (nSPS) is 11.2. The fourth-order valence-corrected chi connectivity index (χ4v) is 12.8. The molecule has 31 heteroatoms. The van der Waals surface area contributed by atoms with Crippen LogP contribution in [0, 0.1) is 0 Å². The van der Waals surface area contributed by atoms with Crippen LogP contribution in [-0.2, 0) is 38.2 Å². The van der Waals surface area contributed by atoms with Crippen molar-refractivity contribution in [1.82, 2.24) is 50.1 Å². The van der Waals surface area contributed by atoms with Crippen molar-refractivity contribution in [3.63, 3.8) is 0 Å². The molecule has 17 nitrogen and oxygen atoms in total. The van der Waals surface area contributed by atoms with Crippen molar-refractivity contribution in [3.8, 4) is 28.3 Å². The second kappa shape index (κ2) is 36.8. The lowest BCUT2D eigenvalue weighted by atomic mass is 10.1. The third kappa shape index (κ3) is 22.0. The number of halogens is 14. The molecule has 106 heavy (non-hydrogen) atoms. The van der Waals surface area contributed by atoms with Crippen molar-refractivity contribution in [1.29, 1.82) is 0 Å². The van der Waals surface area contributed by atoms with Crippen LogP contribution in [0.4, 0.5) is 48.5 Å². The van der Waals surface area contributed by atoms with E-state index in [1.807, 2.05) is 89.4 Å². The van der Waals surface area contributed by atoms with Crippen LogP contribution in [0.1, 0.15) is 94.6 Å². The SMILES string of the molecule is CCCc1nccc(-c2c[nH]c3ccc(Br)cc23)n1.CCc1ccc(-c2cn(C(C)C)c(N)n2)cc1.O=C(NCCc1c[nH]c2ccc(Br)cc12)Nc1cc(Cl)c(Br)c(Cl)c1.O=C(NCc1c[nH]c2ccccc12)c1cc(Br)c(Br)[nH]1.O=C(Nc1cc(C(F)(F)F)cc(C(F)(F)F)c1)c1cc(Cl)ccc1O. The number of carbonyl (C=O) groups excluding carboxylic acids is 3. The van der Waals surface area contributed by atoms with E-state index in [1.54, 1.807) is 18.2 Å². The Labute approximate surface area is 661 Å². The third-order valence-corrected chi connectivity index (χ3v) is 20.8. The van der Waals surface area contributed by atoms with Crippen molar-refractivity contribution < 1.29 is 45.8 Å². The number of rotatable bonds is 15. The lowest BCUT2D eigenvalue weighted by molar-refractivity contribution is -0.143. The molecule has 0 saturated carbocycles. The van der Waals surface area contributed by atoms with E-state index >= 15 is 0 Å². The summed E-state index contributed by atoms with van der Waals surface area (Å²) in [6.07, 6.45) is 3.41. The van der Waals surface area contributed by atoms with Gasteiger partial charge in [-0.3, -0.25) is 9.59 Å². The Hall–Kier alpha value is -8.61. The van der Waals surface area contributed by atoms with Gasteiger partial charge in [0.05, 0.1) is 51.7 Å². The molecule has 0 spiro atoms. The van der Waals surface area contributed by atoms with Gasteiger partial charge in [-0.05, 0) is 201 Å². The number of nitrogens with one attached hydrogen (secondary N) is 8. The van der Waals surface area contributed by atoms with E-state index in [2.05, 4.69) is 201 Å². The molecule has 11 N–H and O–H groups in total. The predicted molar refractivity (Wildman–Crippen MR) is 427 cm³/mol. The first-order valence-electron chi connectivity index (χ1n) is 32.3. The second-order valence-electron chi connectivity index (χ2n) is 23.7. The molecule has 0 radical (unpaired) electrons. The Morgan fingerprint density at radius 3 is 1.86 bits per heavy atom. The summed E-state index contributed by atoms with van der Waals surface area (Å²) in [6, 6.07) is 39.8. The van der Waals surface area contributed by atoms with Crippen LogP contribution in [0.25, 0.3) is 55.2 Å². The van der Waals surface area contributed by atoms with Gasteiger partial charge in [0.25, 0.3) is 11.8 Å². The molecule has 0 aliphatic heterocycles. The van der Waals surface area contributed by atoms with Crippen molar-refractivity contribution >= 4 is 182 Å². The molecule has 0 atom stereocenters. The van der Waals surface area contributed by atoms with Crippen LogP contribution in [0.3, 0.4) is 0 Å². The quantitative estimate of drug-likeness (QED) is 0.0348. The number of anilines is 3. The second-order valence-corrected chi connectivity index (χ2v) is 29.2. The average Bonchev–Trinajstić information content (AvgIpc) is 1.44. The molecule has 552 valence electrons. The minimum Gasteiger partial charge on any atom is -0.507 e. The zero-order valence-electron chi connectivity index (χ0n) is 56.4. The monoisotopic (exact) mass is 1830 g/mol. The summed E-state index contributed by atoms with van der Waals surface area (Å²) in [5.41, 5.74) is 13.6. The molecule has 6 heterocycles. The fraction of sp³-hybridized carbons (Fsp3) is 0.173. The molecule has 0 aliphatic carbocycles. The fourth-order valence-electron chi connectivity index (χ4n) is 10.5. The molecule has 4 amide bonds. The number of nitrogen functional groups attached to an aromatic ring is 1. The summed E-state index contributed by atoms with van der Waals surface area (Å²) in [5, 5.41) is 24.3. The van der Waals surface area contributed by atoms with Gasteiger partial charge in [0.1, 0.15) is 17.3 Å². The van der Waals surface area contributed by atoms with Crippen molar-refractivity contribution in [3.05, 3.63) is 259 Å². The number of fused-ring (bicyclic) bond motifs is 3. The van der Waals surface area contributed by atoms with E-state index in [4.69, 9.17) is 40.5 Å². The van der Waals surface area contributed by atoms with Gasteiger partial charge in [0.2, 0.25) is 5.95 Å². The summed E-state index contributed by atoms with van der Waals surface area (Å²) in [7, 11) is 0. The van der Waals surface area contributed by atoms with Gasteiger partial charge >= 0.3 is 18.4 Å². The number of urea groups is 1. The predicted octanol–water partition coefficient (Wildman–Crippen LogP) is 23.3. The molecular formula is C75H65Br5Cl3F6N13O4. The number of H-pyrrole nitrogens is 4. The molecule has 0 unspecified atom stereocenters. The first-order chi connectivity index (χ1) is 50.3. The van der Waals surface area contributed by atoms with Crippen molar-refractivity contribution in [2.45, 2.75) is 78.3 Å². The van der Waals surface area contributed by atoms with Crippen LogP contribution in [-0.4, -0.2) is 69.0 Å². The van der Waals surface area contributed by atoms with Crippen molar-refractivity contribution in [2.24, 2.45) is 0 Å². The summed E-state index contributed by atoms with van der Waals surface area (Å²) in [4.78, 5) is 62.1. The number of benzene rings is 7. The number of aromatic amines is 4. The highest BCUT2D eigenvalue weighted by Gasteiger charge is 2.37. The number of alkyl halides is 6. The highest BCUT2D eigenvalue weighted by atomic mass is 79.9. The minimum atomic E-state index is -5.04. The number of hydrogen-bond acceptors (Lipinski definition) is 8. The maximum atomic E-state index is 12.8. The highest BCUT2D eigenvalue weighted by Crippen LogP contribution is 2.39. The first-order valence-corrected chi connectivity index (χ1v) is 37.4. The van der Waals surface area contributed by atoms with Gasteiger partial charge in [-0.15, -0.1) is 0 Å². The number of nitrogens with two attached hydrogens (primary N) is 1. The number of hydrogen-bond donors (Lipinski definition) is 10. The number of aromatic hydroxyl groups is 1. The van der Waals surface area contributed by atoms with Gasteiger partial charge in [-0.25, -0.2) is 19.7 Å². The molecule has 13 aromatic rings. The van der Waals surface area contributed by atoms with Gasteiger partial charge in [-0.2, -0.15) is 26.3 Å². The number of nitrogens with zero attached hydrogens (tertiary/aromatic N) is 4. The number of para-hydroxylation sites is 1. The zero-order chi connectivity index (χ0) is 76.7. The van der Waals surface area contributed by atoms with Gasteiger partial charge < -0.3 is 56.6 Å².